The van der Waals surface area contributed by atoms with Crippen LogP contribution in [0.1, 0.15) is 41.1 Å². The number of rotatable bonds is 3. The van der Waals surface area contributed by atoms with Crippen molar-refractivity contribution in [3.05, 3.63) is 65.7 Å². The van der Waals surface area contributed by atoms with Crippen molar-refractivity contribution >= 4 is 23.2 Å². The molecule has 3 heterocycles. The monoisotopic (exact) mass is 512 g/mol. The summed E-state index contributed by atoms with van der Waals surface area (Å²) in [5, 5.41) is 5.47. The second kappa shape index (κ2) is 9.47. The molecule has 2 aliphatic heterocycles. The van der Waals surface area contributed by atoms with E-state index in [0.717, 1.165) is 22.9 Å². The summed E-state index contributed by atoms with van der Waals surface area (Å²) in [4.78, 5) is 32.1. The summed E-state index contributed by atoms with van der Waals surface area (Å²) >= 11 is 0. The summed E-state index contributed by atoms with van der Waals surface area (Å²) in [7, 11) is 0. The highest BCUT2D eigenvalue weighted by molar-refractivity contribution is 6.02. The minimum atomic E-state index is -4.69. The van der Waals surface area contributed by atoms with E-state index in [1.54, 1.807) is 24.3 Å². The first-order valence-corrected chi connectivity index (χ1v) is 11.7. The van der Waals surface area contributed by atoms with Crippen molar-refractivity contribution in [2.24, 2.45) is 0 Å². The lowest BCUT2D eigenvalue weighted by molar-refractivity contribution is -0.141. The van der Waals surface area contributed by atoms with Crippen molar-refractivity contribution in [3.63, 3.8) is 0 Å². The number of alkyl halides is 3. The van der Waals surface area contributed by atoms with E-state index in [0.29, 0.717) is 49.2 Å². The molecule has 1 aromatic heterocycles. The van der Waals surface area contributed by atoms with Gasteiger partial charge in [-0.2, -0.15) is 13.2 Å². The number of nitrogens with zero attached hydrogens (tertiary/aromatic N) is 2. The molecule has 0 saturated carbocycles. The molecule has 37 heavy (non-hydrogen) atoms. The van der Waals surface area contributed by atoms with E-state index < -0.39 is 29.2 Å². The molecule has 1 fully saturated rings. The van der Waals surface area contributed by atoms with Gasteiger partial charge in [-0.15, -0.1) is 0 Å². The van der Waals surface area contributed by atoms with E-state index in [1.165, 1.54) is 0 Å². The van der Waals surface area contributed by atoms with Gasteiger partial charge in [0, 0.05) is 24.7 Å². The highest BCUT2D eigenvalue weighted by Crippen LogP contribution is 2.41. The Morgan fingerprint density at radius 2 is 1.89 bits per heavy atom. The molecular formula is C26H23F3N4O4. The SMILES string of the molecule is Cc1ccc(NC(=O)c2nccc(C(F)(F)F)n2)cc1-c1ccc2c(c1)OC1(CCOCC1)CC(=O)N2. The standard InChI is InChI=1S/C26H23F3N4O4/c1-15-2-4-17(31-24(35)23-30-9-6-21(33-23)26(27,28)29)13-18(15)16-3-5-19-20(12-16)37-25(14-22(34)32-19)7-10-36-11-8-25/h2-6,9,12-13H,7-8,10-11,14H2,1H3,(H,31,35)(H,32,34). The molecule has 8 nitrogen and oxygen atoms in total. The zero-order valence-electron chi connectivity index (χ0n) is 19.8. The van der Waals surface area contributed by atoms with Crippen LogP contribution in [0.4, 0.5) is 24.5 Å². The number of anilines is 2. The third kappa shape index (κ3) is 5.26. The van der Waals surface area contributed by atoms with Crippen molar-refractivity contribution < 1.29 is 32.2 Å². The first-order chi connectivity index (χ1) is 17.6. The first-order valence-electron chi connectivity index (χ1n) is 11.7. The highest BCUT2D eigenvalue weighted by Gasteiger charge is 2.40. The van der Waals surface area contributed by atoms with Crippen molar-refractivity contribution in [2.75, 3.05) is 23.8 Å². The maximum Gasteiger partial charge on any atom is 0.433 e. The summed E-state index contributed by atoms with van der Waals surface area (Å²) in [5.41, 5.74) is 1.54. The van der Waals surface area contributed by atoms with Gasteiger partial charge < -0.3 is 20.1 Å². The molecular weight excluding hydrogens is 489 g/mol. The van der Waals surface area contributed by atoms with Crippen LogP contribution >= 0.6 is 0 Å². The van der Waals surface area contributed by atoms with Gasteiger partial charge in [0.2, 0.25) is 11.7 Å². The van der Waals surface area contributed by atoms with Gasteiger partial charge in [-0.1, -0.05) is 12.1 Å². The lowest BCUT2D eigenvalue weighted by Crippen LogP contribution is -2.43. The molecule has 5 rings (SSSR count). The fourth-order valence-electron chi connectivity index (χ4n) is 4.48. The van der Waals surface area contributed by atoms with Crippen LogP contribution in [0.3, 0.4) is 0 Å². The Balaban J connectivity index is 1.43. The van der Waals surface area contributed by atoms with E-state index in [2.05, 4.69) is 20.6 Å². The predicted octanol–water partition coefficient (Wildman–Crippen LogP) is 4.99. The third-order valence-electron chi connectivity index (χ3n) is 6.42. The Bertz CT molecular complexity index is 1370. The Morgan fingerprint density at radius 1 is 1.11 bits per heavy atom. The molecule has 11 heteroatoms. The number of amides is 2. The van der Waals surface area contributed by atoms with Crippen LogP contribution in [-0.4, -0.2) is 40.6 Å². The smallest absolute Gasteiger partial charge is 0.433 e. The normalized spacial score (nSPS) is 16.8. The Kier molecular flexibility index (Phi) is 6.32. The van der Waals surface area contributed by atoms with Gasteiger partial charge in [-0.25, -0.2) is 9.97 Å². The zero-order valence-corrected chi connectivity index (χ0v) is 19.8. The number of halogens is 3. The molecule has 2 N–H and O–H groups in total. The van der Waals surface area contributed by atoms with Crippen molar-refractivity contribution in [1.82, 2.24) is 9.97 Å². The minimum Gasteiger partial charge on any atom is -0.484 e. The largest absolute Gasteiger partial charge is 0.484 e. The molecule has 2 aliphatic rings. The molecule has 192 valence electrons. The van der Waals surface area contributed by atoms with Gasteiger partial charge in [0.1, 0.15) is 17.0 Å². The van der Waals surface area contributed by atoms with Gasteiger partial charge >= 0.3 is 6.18 Å². The maximum absolute atomic E-state index is 13.0. The van der Waals surface area contributed by atoms with Crippen LogP contribution in [0.25, 0.3) is 11.1 Å². The number of aryl methyl sites for hydroxylation is 1. The first kappa shape index (κ1) is 24.7. The van der Waals surface area contributed by atoms with E-state index >= 15 is 0 Å². The molecule has 2 aromatic carbocycles. The molecule has 3 aromatic rings. The maximum atomic E-state index is 13.0. The molecule has 1 spiro atoms. The van der Waals surface area contributed by atoms with Gasteiger partial charge in [0.15, 0.2) is 0 Å². The van der Waals surface area contributed by atoms with Crippen LogP contribution in [0.2, 0.25) is 0 Å². The average molecular weight is 512 g/mol. The summed E-state index contributed by atoms with van der Waals surface area (Å²) in [6.45, 7) is 2.92. The second-order valence-corrected chi connectivity index (χ2v) is 9.08. The molecule has 0 unspecified atom stereocenters. The lowest BCUT2D eigenvalue weighted by Gasteiger charge is -2.35. The number of carbonyl (C=O) groups is 2. The van der Waals surface area contributed by atoms with Gasteiger partial charge in [-0.05, 0) is 53.9 Å². The number of fused-ring (bicyclic) bond motifs is 1. The van der Waals surface area contributed by atoms with Crippen LogP contribution in [0.15, 0.2) is 48.7 Å². The predicted molar refractivity (Wildman–Crippen MR) is 128 cm³/mol. The van der Waals surface area contributed by atoms with E-state index in [4.69, 9.17) is 9.47 Å². The van der Waals surface area contributed by atoms with Crippen molar-refractivity contribution in [1.29, 1.82) is 0 Å². The van der Waals surface area contributed by atoms with Crippen LogP contribution in [0.5, 0.6) is 5.75 Å². The zero-order chi connectivity index (χ0) is 26.2. The molecule has 0 bridgehead atoms. The number of nitrogens with one attached hydrogen (secondary N) is 2. The highest BCUT2D eigenvalue weighted by atomic mass is 19.4. The summed E-state index contributed by atoms with van der Waals surface area (Å²) in [5.74, 6) is -1.04. The Morgan fingerprint density at radius 3 is 2.65 bits per heavy atom. The summed E-state index contributed by atoms with van der Waals surface area (Å²) in [6, 6.07) is 11.3. The van der Waals surface area contributed by atoms with Crippen LogP contribution in [-0.2, 0) is 15.7 Å². The summed E-state index contributed by atoms with van der Waals surface area (Å²) < 4.78 is 50.8. The van der Waals surface area contributed by atoms with Crippen molar-refractivity contribution in [3.8, 4) is 16.9 Å². The van der Waals surface area contributed by atoms with Gasteiger partial charge in [-0.3, -0.25) is 9.59 Å². The quantitative estimate of drug-likeness (QED) is 0.513. The molecule has 0 radical (unpaired) electrons. The molecule has 0 aliphatic carbocycles. The Hall–Kier alpha value is -3.99. The molecule has 2 amide bonds. The van der Waals surface area contributed by atoms with Crippen LogP contribution < -0.4 is 15.4 Å². The number of carbonyl (C=O) groups excluding carboxylic acids is 2. The molecule has 1 saturated heterocycles. The van der Waals surface area contributed by atoms with E-state index in [1.807, 2.05) is 19.1 Å². The van der Waals surface area contributed by atoms with Gasteiger partial charge in [0.25, 0.3) is 5.91 Å². The van der Waals surface area contributed by atoms with Crippen LogP contribution in [0, 0.1) is 6.92 Å². The summed E-state index contributed by atoms with van der Waals surface area (Å²) in [6.07, 6.45) is -2.36. The Labute approximate surface area is 210 Å². The van der Waals surface area contributed by atoms with E-state index in [-0.39, 0.29) is 12.3 Å². The average Bonchev–Trinajstić information content (AvgIpc) is 2.99. The number of hydrogen-bond acceptors (Lipinski definition) is 6. The lowest BCUT2D eigenvalue weighted by atomic mass is 9.90. The molecule has 0 atom stereocenters. The number of hydrogen-bond donors (Lipinski definition) is 2. The second-order valence-electron chi connectivity index (χ2n) is 9.08. The number of aromatic nitrogens is 2. The number of ether oxygens (including phenoxy) is 2. The fourth-order valence-corrected chi connectivity index (χ4v) is 4.48. The third-order valence-corrected chi connectivity index (χ3v) is 6.42. The van der Waals surface area contributed by atoms with E-state index in [9.17, 15) is 22.8 Å². The van der Waals surface area contributed by atoms with Crippen molar-refractivity contribution in [2.45, 2.75) is 38.0 Å². The minimum absolute atomic E-state index is 0.119. The topological polar surface area (TPSA) is 102 Å². The van der Waals surface area contributed by atoms with Gasteiger partial charge in [0.05, 0.1) is 25.3 Å². The fraction of sp³-hybridized carbons (Fsp3) is 0.308. The number of benzene rings is 2.